The Balaban J connectivity index is 1.97. The molecule has 0 radical (unpaired) electrons. The highest BCUT2D eigenvalue weighted by Crippen LogP contribution is 2.34. The Morgan fingerprint density at radius 3 is 2.89 bits per heavy atom. The number of fused-ring (bicyclic) bond motifs is 1. The van der Waals surface area contributed by atoms with Crippen LogP contribution in [0.1, 0.15) is 47.4 Å². The van der Waals surface area contributed by atoms with Crippen molar-refractivity contribution >= 4 is 5.78 Å². The average Bonchev–Trinajstić information content (AvgIpc) is 2.98. The van der Waals surface area contributed by atoms with Crippen LogP contribution in [0.2, 0.25) is 0 Å². The van der Waals surface area contributed by atoms with Crippen molar-refractivity contribution in [3.63, 3.8) is 0 Å². The third kappa shape index (κ3) is 1.76. The number of nitrogens with zero attached hydrogens (tertiary/aromatic N) is 2. The highest BCUT2D eigenvalue weighted by atomic mass is 16.1. The molecule has 1 aliphatic heterocycles. The van der Waals surface area contributed by atoms with E-state index in [-0.39, 0.29) is 5.78 Å². The quantitative estimate of drug-likeness (QED) is 0.773. The molecule has 0 amide bonds. The maximum absolute atomic E-state index is 11.7. The van der Waals surface area contributed by atoms with Crippen molar-refractivity contribution in [3.8, 4) is 0 Å². The maximum Gasteiger partial charge on any atom is 0.182 e. The molecule has 1 aromatic heterocycles. The summed E-state index contributed by atoms with van der Waals surface area (Å²) in [7, 11) is 0. The second-order valence-electron chi connectivity index (χ2n) is 4.71. The molecule has 1 aromatic carbocycles. The zero-order valence-corrected chi connectivity index (χ0v) is 10.5. The van der Waals surface area contributed by atoms with Gasteiger partial charge in [0.15, 0.2) is 5.78 Å². The first-order valence-corrected chi connectivity index (χ1v) is 6.45. The molecular weight excluding hydrogens is 224 g/mol. The van der Waals surface area contributed by atoms with Crippen LogP contribution in [-0.2, 0) is 6.54 Å². The first kappa shape index (κ1) is 11.2. The van der Waals surface area contributed by atoms with Gasteiger partial charge in [-0.2, -0.15) is 5.10 Å². The lowest BCUT2D eigenvalue weighted by atomic mass is 9.94. The van der Waals surface area contributed by atoms with Gasteiger partial charge in [0.25, 0.3) is 0 Å². The molecule has 0 saturated carbocycles. The van der Waals surface area contributed by atoms with Crippen LogP contribution >= 0.6 is 0 Å². The summed E-state index contributed by atoms with van der Waals surface area (Å²) in [5.74, 6) is 0.515. The van der Waals surface area contributed by atoms with E-state index in [1.165, 1.54) is 11.3 Å². The van der Waals surface area contributed by atoms with E-state index < -0.39 is 0 Å². The minimum atomic E-state index is 0.128. The lowest BCUT2D eigenvalue weighted by molar-refractivity contribution is 0.0982. The number of Topliss-reactive ketones (excluding diaryl/α,β-unsaturated/α-hetero) is 1. The lowest BCUT2D eigenvalue weighted by Gasteiger charge is -2.08. The fraction of sp³-hybridized carbons (Fsp3) is 0.333. The molecule has 1 aliphatic rings. The van der Waals surface area contributed by atoms with Crippen molar-refractivity contribution in [2.24, 2.45) is 0 Å². The summed E-state index contributed by atoms with van der Waals surface area (Å²) < 4.78 is 1.99. The molecule has 0 aliphatic carbocycles. The normalized spacial score (nSPS) is 17.7. The van der Waals surface area contributed by atoms with E-state index in [1.807, 2.05) is 23.7 Å². The van der Waals surface area contributed by atoms with Gasteiger partial charge in [-0.3, -0.25) is 9.48 Å². The SMILES string of the molecule is CCC(=O)c1cc2n(n1)CCC2c1ccccc1. The van der Waals surface area contributed by atoms with Crippen LogP contribution < -0.4 is 0 Å². The summed E-state index contributed by atoms with van der Waals surface area (Å²) in [4.78, 5) is 11.7. The van der Waals surface area contributed by atoms with Crippen LogP contribution in [0.4, 0.5) is 0 Å². The van der Waals surface area contributed by atoms with Gasteiger partial charge in [0.05, 0.1) is 0 Å². The van der Waals surface area contributed by atoms with Gasteiger partial charge in [0.1, 0.15) is 5.69 Å². The number of aromatic nitrogens is 2. The molecular formula is C15H16N2O. The number of hydrogen-bond donors (Lipinski definition) is 0. The third-order valence-electron chi connectivity index (χ3n) is 3.61. The molecule has 2 aromatic rings. The summed E-state index contributed by atoms with van der Waals surface area (Å²) in [6.45, 7) is 2.79. The van der Waals surface area contributed by atoms with Gasteiger partial charge in [-0.25, -0.2) is 0 Å². The van der Waals surface area contributed by atoms with E-state index in [0.717, 1.165) is 13.0 Å². The van der Waals surface area contributed by atoms with Crippen LogP contribution in [0.5, 0.6) is 0 Å². The fourth-order valence-electron chi connectivity index (χ4n) is 2.63. The van der Waals surface area contributed by atoms with Crippen molar-refractivity contribution in [1.29, 1.82) is 0 Å². The molecule has 0 bridgehead atoms. The summed E-state index contributed by atoms with van der Waals surface area (Å²) in [5.41, 5.74) is 3.11. The van der Waals surface area contributed by atoms with E-state index >= 15 is 0 Å². The number of hydrogen-bond acceptors (Lipinski definition) is 2. The van der Waals surface area contributed by atoms with Crippen LogP contribution in [0.15, 0.2) is 36.4 Å². The second kappa shape index (κ2) is 4.41. The lowest BCUT2D eigenvalue weighted by Crippen LogP contribution is -2.01. The Labute approximate surface area is 106 Å². The number of carbonyl (C=O) groups excluding carboxylic acids is 1. The minimum Gasteiger partial charge on any atom is -0.292 e. The van der Waals surface area contributed by atoms with Gasteiger partial charge in [0, 0.05) is 24.6 Å². The van der Waals surface area contributed by atoms with Gasteiger partial charge in [-0.1, -0.05) is 37.3 Å². The van der Waals surface area contributed by atoms with Gasteiger partial charge in [0.2, 0.25) is 0 Å². The minimum absolute atomic E-state index is 0.128. The predicted octanol–water partition coefficient (Wildman–Crippen LogP) is 3.01. The van der Waals surface area contributed by atoms with E-state index in [2.05, 4.69) is 29.4 Å². The summed E-state index contributed by atoms with van der Waals surface area (Å²) >= 11 is 0. The van der Waals surface area contributed by atoms with Crippen molar-refractivity contribution in [3.05, 3.63) is 53.3 Å². The van der Waals surface area contributed by atoms with Crippen molar-refractivity contribution < 1.29 is 4.79 Å². The van der Waals surface area contributed by atoms with Crippen LogP contribution in [-0.4, -0.2) is 15.6 Å². The number of ketones is 1. The van der Waals surface area contributed by atoms with Crippen LogP contribution in [0, 0.1) is 0 Å². The average molecular weight is 240 g/mol. The first-order valence-electron chi connectivity index (χ1n) is 6.45. The smallest absolute Gasteiger partial charge is 0.182 e. The van der Waals surface area contributed by atoms with Gasteiger partial charge in [-0.15, -0.1) is 0 Å². The van der Waals surface area contributed by atoms with E-state index in [1.54, 1.807) is 0 Å². The Morgan fingerprint density at radius 1 is 1.39 bits per heavy atom. The van der Waals surface area contributed by atoms with Gasteiger partial charge >= 0.3 is 0 Å². The third-order valence-corrected chi connectivity index (χ3v) is 3.61. The Bertz CT molecular complexity index is 571. The molecule has 1 atom stereocenters. The zero-order chi connectivity index (χ0) is 12.5. The van der Waals surface area contributed by atoms with Crippen LogP contribution in [0.25, 0.3) is 0 Å². The zero-order valence-electron chi connectivity index (χ0n) is 10.5. The van der Waals surface area contributed by atoms with Crippen molar-refractivity contribution in [2.45, 2.75) is 32.2 Å². The molecule has 0 saturated heterocycles. The first-order chi connectivity index (χ1) is 8.79. The topological polar surface area (TPSA) is 34.9 Å². The fourth-order valence-corrected chi connectivity index (χ4v) is 2.63. The monoisotopic (exact) mass is 240 g/mol. The second-order valence-corrected chi connectivity index (χ2v) is 4.71. The Hall–Kier alpha value is -1.90. The molecule has 2 heterocycles. The van der Waals surface area contributed by atoms with Gasteiger partial charge < -0.3 is 0 Å². The highest BCUT2D eigenvalue weighted by molar-refractivity contribution is 5.94. The number of carbonyl (C=O) groups is 1. The van der Waals surface area contributed by atoms with E-state index in [4.69, 9.17) is 0 Å². The summed E-state index contributed by atoms with van der Waals surface area (Å²) in [6.07, 6.45) is 1.60. The summed E-state index contributed by atoms with van der Waals surface area (Å²) in [6, 6.07) is 12.4. The predicted molar refractivity (Wildman–Crippen MR) is 69.8 cm³/mol. The number of benzene rings is 1. The molecule has 3 rings (SSSR count). The van der Waals surface area contributed by atoms with Crippen LogP contribution in [0.3, 0.4) is 0 Å². The summed E-state index contributed by atoms with van der Waals surface area (Å²) in [5, 5.41) is 4.40. The molecule has 3 heteroatoms. The molecule has 18 heavy (non-hydrogen) atoms. The standard InChI is InChI=1S/C15H16N2O/c1-2-15(18)13-10-14-12(8-9-17(14)16-13)11-6-4-3-5-7-11/h3-7,10,12H,2,8-9H2,1H3. The van der Waals surface area contributed by atoms with Crippen molar-refractivity contribution in [2.75, 3.05) is 0 Å². The Kier molecular flexibility index (Phi) is 2.74. The van der Waals surface area contributed by atoms with E-state index in [0.29, 0.717) is 18.0 Å². The number of aryl methyl sites for hydroxylation is 1. The maximum atomic E-state index is 11.7. The molecule has 92 valence electrons. The van der Waals surface area contributed by atoms with Gasteiger partial charge in [-0.05, 0) is 18.1 Å². The van der Waals surface area contributed by atoms with Crippen molar-refractivity contribution in [1.82, 2.24) is 9.78 Å². The van der Waals surface area contributed by atoms with E-state index in [9.17, 15) is 4.79 Å². The Morgan fingerprint density at radius 2 is 2.17 bits per heavy atom. The number of rotatable bonds is 3. The molecule has 3 nitrogen and oxygen atoms in total. The molecule has 0 N–H and O–H groups in total. The molecule has 1 unspecified atom stereocenters. The highest BCUT2D eigenvalue weighted by Gasteiger charge is 2.27. The molecule has 0 spiro atoms. The largest absolute Gasteiger partial charge is 0.292 e. The molecule has 0 fully saturated rings.